The van der Waals surface area contributed by atoms with Gasteiger partial charge in [0.15, 0.2) is 0 Å². The van der Waals surface area contributed by atoms with Crippen LogP contribution >= 0.6 is 0 Å². The van der Waals surface area contributed by atoms with E-state index in [0.29, 0.717) is 0 Å². The van der Waals surface area contributed by atoms with Crippen molar-refractivity contribution in [2.45, 2.75) is 52.6 Å². The normalized spacial score (nSPS) is 21.0. The van der Waals surface area contributed by atoms with Crippen LogP contribution in [0.5, 0.6) is 0 Å². The van der Waals surface area contributed by atoms with Gasteiger partial charge in [-0.15, -0.1) is 0 Å². The molecule has 2 saturated heterocycles. The molecule has 202 valence electrons. The van der Waals surface area contributed by atoms with E-state index < -0.39 is 47.9 Å². The van der Waals surface area contributed by atoms with E-state index in [2.05, 4.69) is 0 Å². The smallest absolute Gasteiger partial charge is 0.416 e. The van der Waals surface area contributed by atoms with Gasteiger partial charge in [0.05, 0.1) is 23.9 Å². The number of ether oxygens (including phenoxy) is 2. The molecule has 4 rings (SSSR count). The van der Waals surface area contributed by atoms with Gasteiger partial charge in [-0.25, -0.2) is 19.4 Å². The van der Waals surface area contributed by atoms with Crippen molar-refractivity contribution in [2.75, 3.05) is 13.2 Å². The molecule has 0 saturated carbocycles. The average Bonchev–Trinajstić information content (AvgIpc) is 3.49. The summed E-state index contributed by atoms with van der Waals surface area (Å²) in [6.45, 7) is 7.95. The van der Waals surface area contributed by atoms with Gasteiger partial charge < -0.3 is 9.47 Å². The van der Waals surface area contributed by atoms with Gasteiger partial charge in [-0.05, 0) is 35.8 Å². The van der Waals surface area contributed by atoms with E-state index >= 15 is 0 Å². The number of rotatable bonds is 9. The summed E-state index contributed by atoms with van der Waals surface area (Å²) in [6, 6.07) is 18.0. The van der Waals surface area contributed by atoms with Crippen LogP contribution in [-0.2, 0) is 31.9 Å². The Bertz CT molecular complexity index is 1060. The van der Waals surface area contributed by atoms with Crippen molar-refractivity contribution >= 4 is 24.0 Å². The molecule has 2 aliphatic heterocycles. The first-order valence-electron chi connectivity index (χ1n) is 13.3. The number of nitrogens with zero attached hydrogens (tertiary/aromatic N) is 2. The van der Waals surface area contributed by atoms with E-state index in [9.17, 15) is 19.2 Å². The van der Waals surface area contributed by atoms with Crippen LogP contribution in [0, 0.1) is 23.7 Å². The van der Waals surface area contributed by atoms with Crippen LogP contribution in [0.1, 0.15) is 38.8 Å². The van der Waals surface area contributed by atoms with Gasteiger partial charge in [0.1, 0.15) is 13.2 Å². The Morgan fingerprint density at radius 2 is 1.03 bits per heavy atom. The Kier molecular flexibility index (Phi) is 8.49. The summed E-state index contributed by atoms with van der Waals surface area (Å²) in [5, 5.41) is 0. The van der Waals surface area contributed by atoms with Crippen LogP contribution in [0.15, 0.2) is 60.7 Å². The fraction of sp³-hybridized carbons (Fsp3) is 0.467. The molecule has 2 aromatic rings. The molecule has 8 nitrogen and oxygen atoms in total. The third-order valence-electron chi connectivity index (χ3n) is 7.54. The van der Waals surface area contributed by atoms with Gasteiger partial charge in [-0.3, -0.25) is 9.59 Å². The van der Waals surface area contributed by atoms with Crippen LogP contribution in [0.4, 0.5) is 9.59 Å². The third kappa shape index (κ3) is 5.74. The second-order valence-electron chi connectivity index (χ2n) is 10.8. The van der Waals surface area contributed by atoms with Gasteiger partial charge in [-0.2, -0.15) is 0 Å². The fourth-order valence-corrected chi connectivity index (χ4v) is 5.26. The summed E-state index contributed by atoms with van der Waals surface area (Å²) in [7, 11) is 0. The molecule has 0 aliphatic carbocycles. The van der Waals surface area contributed by atoms with Crippen molar-refractivity contribution in [3.63, 3.8) is 0 Å². The Morgan fingerprint density at radius 1 is 0.684 bits per heavy atom. The standard InChI is InChI=1S/C30H36N2O6/c1-19(2)25-17-37-29(35)31(25)27(33)23(15-21-11-7-5-8-12-21)24(16-22-13-9-6-10-14-22)28(34)32-26(20(3)4)18-38-30(32)36/h5-14,19-20,23-26H,15-18H2,1-4H3/t23-,24-,25?,26?/m1/s1. The minimum atomic E-state index is -0.904. The Hall–Kier alpha value is -3.68. The quantitative estimate of drug-likeness (QED) is 0.475. The van der Waals surface area contributed by atoms with Crippen molar-refractivity contribution in [2.24, 2.45) is 23.7 Å². The zero-order valence-corrected chi connectivity index (χ0v) is 22.4. The lowest BCUT2D eigenvalue weighted by Crippen LogP contribution is -2.52. The van der Waals surface area contributed by atoms with Gasteiger partial charge in [0, 0.05) is 0 Å². The zero-order valence-electron chi connectivity index (χ0n) is 22.4. The molecule has 38 heavy (non-hydrogen) atoms. The predicted molar refractivity (Wildman–Crippen MR) is 141 cm³/mol. The van der Waals surface area contributed by atoms with E-state index in [-0.39, 0.29) is 37.9 Å². The predicted octanol–water partition coefficient (Wildman–Crippen LogP) is 4.71. The zero-order chi connectivity index (χ0) is 27.4. The second kappa shape index (κ2) is 11.8. The lowest BCUT2D eigenvalue weighted by molar-refractivity contribution is -0.145. The van der Waals surface area contributed by atoms with Crippen LogP contribution in [-0.4, -0.2) is 59.1 Å². The van der Waals surface area contributed by atoms with E-state index in [4.69, 9.17) is 9.47 Å². The maximum Gasteiger partial charge on any atom is 0.416 e. The maximum absolute atomic E-state index is 14.3. The average molecular weight is 521 g/mol. The number of benzene rings is 2. The van der Waals surface area contributed by atoms with E-state index in [0.717, 1.165) is 11.1 Å². The lowest BCUT2D eigenvalue weighted by atomic mass is 9.80. The van der Waals surface area contributed by atoms with Crippen molar-refractivity contribution in [1.82, 2.24) is 9.80 Å². The first-order chi connectivity index (χ1) is 18.2. The highest BCUT2D eigenvalue weighted by molar-refractivity contribution is 6.00. The molecule has 2 unspecified atom stereocenters. The van der Waals surface area contributed by atoms with Crippen molar-refractivity contribution in [1.29, 1.82) is 0 Å². The van der Waals surface area contributed by atoms with Crippen LogP contribution in [0.3, 0.4) is 0 Å². The van der Waals surface area contributed by atoms with Crippen molar-refractivity contribution < 1.29 is 28.7 Å². The second-order valence-corrected chi connectivity index (χ2v) is 10.8. The molecule has 0 N–H and O–H groups in total. The monoisotopic (exact) mass is 520 g/mol. The molecular weight excluding hydrogens is 484 g/mol. The molecule has 2 aromatic carbocycles. The summed E-state index contributed by atoms with van der Waals surface area (Å²) in [5.41, 5.74) is 1.71. The molecule has 0 radical (unpaired) electrons. The third-order valence-corrected chi connectivity index (χ3v) is 7.54. The molecule has 0 bridgehead atoms. The molecule has 4 amide bonds. The summed E-state index contributed by atoms with van der Waals surface area (Å²) < 4.78 is 10.6. The number of imide groups is 2. The largest absolute Gasteiger partial charge is 0.447 e. The topological polar surface area (TPSA) is 93.2 Å². The molecule has 2 aliphatic rings. The molecule has 4 atom stereocenters. The molecule has 8 heteroatoms. The number of carbonyl (C=O) groups excluding carboxylic acids is 4. The fourth-order valence-electron chi connectivity index (χ4n) is 5.26. The highest BCUT2D eigenvalue weighted by Crippen LogP contribution is 2.32. The summed E-state index contributed by atoms with van der Waals surface area (Å²) >= 11 is 0. The van der Waals surface area contributed by atoms with Gasteiger partial charge in [-0.1, -0.05) is 88.4 Å². The van der Waals surface area contributed by atoms with E-state index in [1.54, 1.807) is 0 Å². The summed E-state index contributed by atoms with van der Waals surface area (Å²) in [4.78, 5) is 56.5. The summed E-state index contributed by atoms with van der Waals surface area (Å²) in [5.74, 6) is -2.78. The molecule has 2 fully saturated rings. The first kappa shape index (κ1) is 27.4. The number of carbonyl (C=O) groups is 4. The van der Waals surface area contributed by atoms with Crippen molar-refractivity contribution in [3.05, 3.63) is 71.8 Å². The van der Waals surface area contributed by atoms with Gasteiger partial charge in [0.25, 0.3) is 0 Å². The van der Waals surface area contributed by atoms with Gasteiger partial charge in [0.2, 0.25) is 11.8 Å². The molecule has 2 heterocycles. The Labute approximate surface area is 223 Å². The van der Waals surface area contributed by atoms with Crippen LogP contribution in [0.2, 0.25) is 0 Å². The molecular formula is C30H36N2O6. The molecule has 0 aromatic heterocycles. The lowest BCUT2D eigenvalue weighted by Gasteiger charge is -2.33. The first-order valence-corrected chi connectivity index (χ1v) is 13.3. The van der Waals surface area contributed by atoms with Crippen molar-refractivity contribution in [3.8, 4) is 0 Å². The number of amides is 4. The maximum atomic E-state index is 14.3. The minimum Gasteiger partial charge on any atom is -0.447 e. The summed E-state index contributed by atoms with van der Waals surface area (Å²) in [6.07, 6.45) is -0.934. The van der Waals surface area contributed by atoms with Crippen LogP contribution in [0.25, 0.3) is 0 Å². The molecule has 0 spiro atoms. The van der Waals surface area contributed by atoms with Gasteiger partial charge >= 0.3 is 12.2 Å². The highest BCUT2D eigenvalue weighted by Gasteiger charge is 2.49. The van der Waals surface area contributed by atoms with Crippen LogP contribution < -0.4 is 0 Å². The SMILES string of the molecule is CC(C)C1COC(=O)N1C(=O)[C@H](Cc1ccccc1)[C@@H](Cc1ccccc1)C(=O)N1C(=O)OCC1C(C)C. The number of hydrogen-bond acceptors (Lipinski definition) is 6. The van der Waals surface area contributed by atoms with E-state index in [1.807, 2.05) is 88.4 Å². The Morgan fingerprint density at radius 3 is 1.34 bits per heavy atom. The Balaban J connectivity index is 1.79. The van der Waals surface area contributed by atoms with E-state index in [1.165, 1.54) is 9.80 Å². The number of hydrogen-bond donors (Lipinski definition) is 0. The number of cyclic esters (lactones) is 2. The minimum absolute atomic E-state index is 0.0232. The highest BCUT2D eigenvalue weighted by atomic mass is 16.6.